The van der Waals surface area contributed by atoms with Crippen LogP contribution in [0.2, 0.25) is 0 Å². The Labute approximate surface area is 136 Å². The maximum Gasteiger partial charge on any atom is 0.196 e. The van der Waals surface area contributed by atoms with Gasteiger partial charge in [-0.2, -0.15) is 9.65 Å². The predicted octanol–water partition coefficient (Wildman–Crippen LogP) is 6.56. The average molecular weight is 305 g/mol. The number of allylic oxidation sites excluding steroid dienone is 2. The highest BCUT2D eigenvalue weighted by molar-refractivity contribution is 5.13. The minimum Gasteiger partial charge on any atom is -0.195 e. The van der Waals surface area contributed by atoms with Crippen LogP contribution in [0.1, 0.15) is 84.0 Å². The number of hydrogen-bond acceptors (Lipinski definition) is 1. The van der Waals surface area contributed by atoms with E-state index in [1.54, 1.807) is 12.1 Å². The highest BCUT2D eigenvalue weighted by Crippen LogP contribution is 2.42. The quantitative estimate of drug-likeness (QED) is 0.403. The first-order valence-electron chi connectivity index (χ1n) is 9.50. The van der Waals surface area contributed by atoms with Crippen molar-refractivity contribution in [3.8, 4) is 6.07 Å². The van der Waals surface area contributed by atoms with Crippen LogP contribution in [0.5, 0.6) is 0 Å². The lowest BCUT2D eigenvalue weighted by atomic mass is 9.68. The third-order valence-electron chi connectivity index (χ3n) is 6.08. The molecule has 0 spiro atoms. The molecule has 0 saturated heterocycles. The summed E-state index contributed by atoms with van der Waals surface area (Å²) in [7, 11) is 0. The van der Waals surface area contributed by atoms with Crippen LogP contribution in [-0.4, -0.2) is 0 Å². The maximum absolute atomic E-state index is 13.0. The van der Waals surface area contributed by atoms with Crippen LogP contribution in [0.25, 0.3) is 0 Å². The lowest BCUT2D eigenvalue weighted by Crippen LogP contribution is -2.25. The molecule has 0 amide bonds. The summed E-state index contributed by atoms with van der Waals surface area (Å²) in [5.41, 5.74) is 0. The van der Waals surface area contributed by atoms with Crippen LogP contribution in [0.3, 0.4) is 0 Å². The Kier molecular flexibility index (Phi) is 7.43. The molecule has 2 aliphatic rings. The van der Waals surface area contributed by atoms with Crippen LogP contribution >= 0.6 is 0 Å². The predicted molar refractivity (Wildman–Crippen MR) is 89.8 cm³/mol. The van der Waals surface area contributed by atoms with Crippen molar-refractivity contribution >= 4 is 0 Å². The van der Waals surface area contributed by atoms with Gasteiger partial charge in [0.25, 0.3) is 0 Å². The Morgan fingerprint density at radius 1 is 1.00 bits per heavy atom. The van der Waals surface area contributed by atoms with E-state index in [2.05, 4.69) is 6.92 Å². The molecule has 0 radical (unpaired) electrons. The first-order chi connectivity index (χ1) is 10.7. The SMILES string of the molecule is CCCCCC1CCC(C2CCC(C=C(F)C#N)CC2)CC1. The Morgan fingerprint density at radius 3 is 2.14 bits per heavy atom. The molecule has 0 unspecified atom stereocenters. The summed E-state index contributed by atoms with van der Waals surface area (Å²) < 4.78 is 13.0. The van der Waals surface area contributed by atoms with Crippen molar-refractivity contribution in [2.75, 3.05) is 0 Å². The van der Waals surface area contributed by atoms with Crippen LogP contribution in [0.15, 0.2) is 11.9 Å². The first-order valence-corrected chi connectivity index (χ1v) is 9.50. The molecule has 0 aromatic carbocycles. The molecule has 1 nitrogen and oxygen atoms in total. The molecule has 0 N–H and O–H groups in total. The summed E-state index contributed by atoms with van der Waals surface area (Å²) in [5.74, 6) is 2.50. The van der Waals surface area contributed by atoms with Crippen LogP contribution in [-0.2, 0) is 0 Å². The van der Waals surface area contributed by atoms with Crippen molar-refractivity contribution < 1.29 is 4.39 Å². The summed E-state index contributed by atoms with van der Waals surface area (Å²) in [6.45, 7) is 2.28. The largest absolute Gasteiger partial charge is 0.196 e. The second kappa shape index (κ2) is 9.33. The summed E-state index contributed by atoms with van der Waals surface area (Å²) in [4.78, 5) is 0. The van der Waals surface area contributed by atoms with E-state index in [9.17, 15) is 4.39 Å². The molecular formula is C20H32FN. The van der Waals surface area contributed by atoms with Gasteiger partial charge in [0.15, 0.2) is 5.83 Å². The van der Waals surface area contributed by atoms with Crippen LogP contribution < -0.4 is 0 Å². The Balaban J connectivity index is 1.67. The molecule has 0 aromatic heterocycles. The van der Waals surface area contributed by atoms with E-state index < -0.39 is 5.83 Å². The average Bonchev–Trinajstić information content (AvgIpc) is 2.56. The standard InChI is InChI=1S/C20H32FN/c1-2-3-4-5-16-6-10-18(11-7-16)19-12-8-17(9-13-19)14-20(21)15-22/h14,16-19H,2-13H2,1H3. The molecule has 22 heavy (non-hydrogen) atoms. The van der Waals surface area contributed by atoms with Gasteiger partial charge in [-0.1, -0.05) is 45.4 Å². The molecule has 2 saturated carbocycles. The van der Waals surface area contributed by atoms with E-state index >= 15 is 0 Å². The third-order valence-corrected chi connectivity index (χ3v) is 6.08. The van der Waals surface area contributed by atoms with Gasteiger partial charge in [0, 0.05) is 0 Å². The lowest BCUT2D eigenvalue weighted by molar-refractivity contribution is 0.151. The van der Waals surface area contributed by atoms with Gasteiger partial charge in [-0.3, -0.25) is 0 Å². The van der Waals surface area contributed by atoms with Crippen molar-refractivity contribution in [3.05, 3.63) is 11.9 Å². The van der Waals surface area contributed by atoms with Crippen LogP contribution in [0, 0.1) is 35.0 Å². The zero-order valence-electron chi connectivity index (χ0n) is 14.2. The Bertz CT molecular complexity index is 379. The van der Waals surface area contributed by atoms with Crippen molar-refractivity contribution in [1.82, 2.24) is 0 Å². The summed E-state index contributed by atoms with van der Waals surface area (Å²) in [6.07, 6.45) is 17.5. The molecule has 2 rings (SSSR count). The zero-order valence-corrected chi connectivity index (χ0v) is 14.2. The number of nitriles is 1. The summed E-state index contributed by atoms with van der Waals surface area (Å²) >= 11 is 0. The number of hydrogen-bond donors (Lipinski definition) is 0. The van der Waals surface area contributed by atoms with Crippen LogP contribution in [0.4, 0.5) is 4.39 Å². The molecule has 2 fully saturated rings. The van der Waals surface area contributed by atoms with E-state index in [-0.39, 0.29) is 0 Å². The summed E-state index contributed by atoms with van der Waals surface area (Å²) in [6, 6.07) is 1.61. The van der Waals surface area contributed by atoms with Gasteiger partial charge < -0.3 is 0 Å². The van der Waals surface area contributed by atoms with Gasteiger partial charge in [0.1, 0.15) is 6.07 Å². The number of unbranched alkanes of at least 4 members (excludes halogenated alkanes) is 2. The second-order valence-corrected chi connectivity index (χ2v) is 7.58. The smallest absolute Gasteiger partial charge is 0.195 e. The van der Waals surface area contributed by atoms with Crippen molar-refractivity contribution in [3.63, 3.8) is 0 Å². The second-order valence-electron chi connectivity index (χ2n) is 7.58. The minimum absolute atomic E-state index is 0.307. The van der Waals surface area contributed by atoms with Crippen molar-refractivity contribution in [2.45, 2.75) is 84.0 Å². The highest BCUT2D eigenvalue weighted by atomic mass is 19.1. The fourth-order valence-electron chi connectivity index (χ4n) is 4.66. The number of nitrogens with zero attached hydrogens (tertiary/aromatic N) is 1. The van der Waals surface area contributed by atoms with Gasteiger partial charge in [-0.25, -0.2) is 0 Å². The maximum atomic E-state index is 13.0. The fourth-order valence-corrected chi connectivity index (χ4v) is 4.66. The molecular weight excluding hydrogens is 273 g/mol. The van der Waals surface area contributed by atoms with E-state index in [1.807, 2.05) is 0 Å². The topological polar surface area (TPSA) is 23.8 Å². The van der Waals surface area contributed by atoms with Gasteiger partial charge in [-0.05, 0) is 68.3 Å². The van der Waals surface area contributed by atoms with E-state index in [1.165, 1.54) is 64.2 Å². The zero-order chi connectivity index (χ0) is 15.8. The summed E-state index contributed by atoms with van der Waals surface area (Å²) in [5, 5.41) is 8.53. The molecule has 0 aromatic rings. The van der Waals surface area contributed by atoms with Crippen molar-refractivity contribution in [2.24, 2.45) is 23.7 Å². The third kappa shape index (κ3) is 5.41. The van der Waals surface area contributed by atoms with Gasteiger partial charge >= 0.3 is 0 Å². The van der Waals surface area contributed by atoms with Crippen molar-refractivity contribution in [1.29, 1.82) is 5.26 Å². The van der Waals surface area contributed by atoms with E-state index in [0.717, 1.165) is 30.6 Å². The monoisotopic (exact) mass is 305 g/mol. The molecule has 2 aliphatic carbocycles. The number of halogens is 1. The van der Waals surface area contributed by atoms with Gasteiger partial charge in [0.2, 0.25) is 0 Å². The van der Waals surface area contributed by atoms with E-state index in [0.29, 0.717) is 5.92 Å². The number of rotatable bonds is 6. The highest BCUT2D eigenvalue weighted by Gasteiger charge is 2.30. The molecule has 0 bridgehead atoms. The van der Waals surface area contributed by atoms with Gasteiger partial charge in [0.05, 0.1) is 0 Å². The molecule has 0 heterocycles. The molecule has 0 atom stereocenters. The first kappa shape index (κ1) is 17.5. The molecule has 0 aliphatic heterocycles. The molecule has 124 valence electrons. The Morgan fingerprint density at radius 2 is 1.59 bits per heavy atom. The molecule has 2 heteroatoms. The lowest BCUT2D eigenvalue weighted by Gasteiger charge is -2.37. The normalized spacial score (nSPS) is 33.4. The Hall–Kier alpha value is -0.840. The van der Waals surface area contributed by atoms with Gasteiger partial charge in [-0.15, -0.1) is 0 Å². The minimum atomic E-state index is -0.587. The fraction of sp³-hybridized carbons (Fsp3) is 0.850. The van der Waals surface area contributed by atoms with E-state index in [4.69, 9.17) is 5.26 Å².